The van der Waals surface area contributed by atoms with E-state index >= 15 is 0 Å². The molecule has 2 amide bonds. The van der Waals surface area contributed by atoms with E-state index in [1.807, 2.05) is 31.2 Å². The topological polar surface area (TPSA) is 82.1 Å². The zero-order valence-electron chi connectivity index (χ0n) is 19.8. The van der Waals surface area contributed by atoms with E-state index in [0.717, 1.165) is 22.2 Å². The average Bonchev–Trinajstić information content (AvgIpc) is 3.14. The second kappa shape index (κ2) is 11.9. The largest absolute Gasteiger partial charge is 0.493 e. The van der Waals surface area contributed by atoms with Gasteiger partial charge in [0.1, 0.15) is 12.4 Å². The number of methoxy groups -OCH3 is 1. The lowest BCUT2D eigenvalue weighted by atomic mass is 10.1. The van der Waals surface area contributed by atoms with E-state index in [4.69, 9.17) is 25.8 Å². The van der Waals surface area contributed by atoms with Crippen LogP contribution in [-0.4, -0.2) is 42.3 Å². The Morgan fingerprint density at radius 2 is 1.78 bits per heavy atom. The van der Waals surface area contributed by atoms with Gasteiger partial charge in [-0.3, -0.25) is 14.5 Å². The summed E-state index contributed by atoms with van der Waals surface area (Å²) in [5, 5.41) is 0.131. The molecule has 0 spiro atoms. The van der Waals surface area contributed by atoms with Gasteiger partial charge in [0.15, 0.2) is 11.5 Å². The Morgan fingerprint density at radius 1 is 1.08 bits per heavy atom. The smallest absolute Gasteiger partial charge is 0.343 e. The molecule has 3 aromatic carbocycles. The maximum absolute atomic E-state index is 12.9. The molecule has 0 radical (unpaired) electrons. The minimum absolute atomic E-state index is 0.127. The van der Waals surface area contributed by atoms with Gasteiger partial charge in [-0.15, -0.1) is 0 Å². The highest BCUT2D eigenvalue weighted by atomic mass is 79.9. The fourth-order valence-corrected chi connectivity index (χ4v) is 4.92. The molecule has 0 aliphatic carbocycles. The molecule has 37 heavy (non-hydrogen) atoms. The van der Waals surface area contributed by atoms with Crippen LogP contribution in [0.3, 0.4) is 0 Å². The number of amides is 2. The van der Waals surface area contributed by atoms with Gasteiger partial charge < -0.3 is 14.2 Å². The highest BCUT2D eigenvalue weighted by molar-refractivity contribution is 9.10. The van der Waals surface area contributed by atoms with Crippen LogP contribution in [0, 0.1) is 6.92 Å². The van der Waals surface area contributed by atoms with E-state index in [2.05, 4.69) is 15.9 Å². The minimum atomic E-state index is -0.586. The molecule has 0 N–H and O–H groups in total. The predicted octanol–water partition coefficient (Wildman–Crippen LogP) is 6.75. The van der Waals surface area contributed by atoms with Crippen molar-refractivity contribution < 1.29 is 28.6 Å². The zero-order chi connectivity index (χ0) is 26.5. The minimum Gasteiger partial charge on any atom is -0.493 e. The molecule has 1 aliphatic rings. The summed E-state index contributed by atoms with van der Waals surface area (Å²) in [7, 11) is 1.44. The zero-order valence-corrected chi connectivity index (χ0v) is 23.0. The van der Waals surface area contributed by atoms with Crippen molar-refractivity contribution in [1.29, 1.82) is 0 Å². The Kier molecular flexibility index (Phi) is 8.58. The summed E-state index contributed by atoms with van der Waals surface area (Å²) in [6, 6.07) is 17.1. The number of thioether (sulfide) groups is 1. The predicted molar refractivity (Wildman–Crippen MR) is 146 cm³/mol. The molecule has 1 saturated heterocycles. The summed E-state index contributed by atoms with van der Waals surface area (Å²) in [6.07, 6.45) is 1.59. The van der Waals surface area contributed by atoms with E-state index in [0.29, 0.717) is 26.4 Å². The van der Waals surface area contributed by atoms with Gasteiger partial charge in [-0.25, -0.2) is 4.79 Å². The third-order valence-corrected chi connectivity index (χ3v) is 7.05. The number of nitrogens with zero attached hydrogens (tertiary/aromatic N) is 1. The van der Waals surface area contributed by atoms with E-state index in [9.17, 15) is 14.4 Å². The van der Waals surface area contributed by atoms with Gasteiger partial charge in [-0.2, -0.15) is 0 Å². The first-order valence-corrected chi connectivity index (χ1v) is 13.0. The maximum atomic E-state index is 12.9. The lowest BCUT2D eigenvalue weighted by Gasteiger charge is -2.13. The van der Waals surface area contributed by atoms with Gasteiger partial charge in [-0.1, -0.05) is 29.3 Å². The Labute approximate surface area is 231 Å². The molecule has 1 aliphatic heterocycles. The van der Waals surface area contributed by atoms with Crippen LogP contribution < -0.4 is 14.2 Å². The van der Waals surface area contributed by atoms with Crippen LogP contribution in [0.15, 0.2) is 70.0 Å². The molecule has 1 heterocycles. The third kappa shape index (κ3) is 6.54. The van der Waals surface area contributed by atoms with Crippen molar-refractivity contribution in [3.05, 3.63) is 91.8 Å². The molecule has 4 rings (SSSR count). The fourth-order valence-electron chi connectivity index (χ4n) is 3.39. The number of hydrogen-bond donors (Lipinski definition) is 0. The van der Waals surface area contributed by atoms with Crippen molar-refractivity contribution in [2.75, 3.05) is 20.3 Å². The Bertz CT molecular complexity index is 1370. The standard InChI is InChI=1S/C27H21BrClNO6S/c1-16-3-9-20(10-4-16)35-12-11-30-25(31)23(37-27(30)33)15-17-13-21(28)24(22(14-17)34-2)36-26(32)18-5-7-19(29)8-6-18/h3-10,13-15H,11-12H2,1-2H3/b23-15-. The average molecular weight is 603 g/mol. The number of carbonyl (C=O) groups is 3. The second-order valence-electron chi connectivity index (χ2n) is 7.93. The number of esters is 1. The van der Waals surface area contributed by atoms with E-state index in [1.165, 1.54) is 7.11 Å². The fraction of sp³-hybridized carbons (Fsp3) is 0.148. The van der Waals surface area contributed by atoms with Crippen LogP contribution in [0.1, 0.15) is 21.5 Å². The molecular formula is C27H21BrClNO6S. The number of ether oxygens (including phenoxy) is 3. The lowest BCUT2D eigenvalue weighted by molar-refractivity contribution is -0.123. The molecule has 190 valence electrons. The molecule has 0 atom stereocenters. The quantitative estimate of drug-likeness (QED) is 0.160. The highest BCUT2D eigenvalue weighted by Gasteiger charge is 2.35. The van der Waals surface area contributed by atoms with Gasteiger partial charge >= 0.3 is 5.97 Å². The van der Waals surface area contributed by atoms with Crippen LogP contribution >= 0.6 is 39.3 Å². The van der Waals surface area contributed by atoms with Crippen molar-refractivity contribution in [2.45, 2.75) is 6.92 Å². The summed E-state index contributed by atoms with van der Waals surface area (Å²) in [5.74, 6) is 0.129. The Morgan fingerprint density at radius 3 is 2.46 bits per heavy atom. The molecular weight excluding hydrogens is 582 g/mol. The highest BCUT2D eigenvalue weighted by Crippen LogP contribution is 2.39. The summed E-state index contributed by atoms with van der Waals surface area (Å²) < 4.78 is 17.0. The normalized spacial score (nSPS) is 14.3. The summed E-state index contributed by atoms with van der Waals surface area (Å²) in [6.45, 7) is 2.29. The molecule has 1 fully saturated rings. The van der Waals surface area contributed by atoms with Crippen LogP contribution in [0.25, 0.3) is 6.08 Å². The van der Waals surface area contributed by atoms with Gasteiger partial charge in [-0.05, 0) is 94.8 Å². The van der Waals surface area contributed by atoms with Gasteiger partial charge in [0.2, 0.25) is 0 Å². The number of halogens is 2. The third-order valence-electron chi connectivity index (χ3n) is 5.30. The SMILES string of the molecule is COc1cc(/C=C2\SC(=O)N(CCOc3ccc(C)cc3)C2=O)cc(Br)c1OC(=O)c1ccc(Cl)cc1. The van der Waals surface area contributed by atoms with E-state index < -0.39 is 11.9 Å². The maximum Gasteiger partial charge on any atom is 0.343 e. The number of hydrogen-bond acceptors (Lipinski definition) is 7. The van der Waals surface area contributed by atoms with Crippen molar-refractivity contribution in [2.24, 2.45) is 0 Å². The second-order valence-corrected chi connectivity index (χ2v) is 10.2. The molecule has 0 saturated carbocycles. The molecule has 0 unspecified atom stereocenters. The summed E-state index contributed by atoms with van der Waals surface area (Å²) >= 11 is 10.1. The molecule has 7 nitrogen and oxygen atoms in total. The first-order valence-electron chi connectivity index (χ1n) is 11.1. The van der Waals surface area contributed by atoms with Crippen LogP contribution in [0.5, 0.6) is 17.2 Å². The summed E-state index contributed by atoms with van der Waals surface area (Å²) in [4.78, 5) is 39.3. The van der Waals surface area contributed by atoms with Gasteiger partial charge in [0.05, 0.1) is 28.6 Å². The number of imide groups is 1. The number of benzene rings is 3. The van der Waals surface area contributed by atoms with Crippen molar-refractivity contribution in [1.82, 2.24) is 4.90 Å². The van der Waals surface area contributed by atoms with Crippen molar-refractivity contribution >= 4 is 62.5 Å². The van der Waals surface area contributed by atoms with Crippen LogP contribution in [0.4, 0.5) is 4.79 Å². The lowest BCUT2D eigenvalue weighted by Crippen LogP contribution is -2.32. The van der Waals surface area contributed by atoms with E-state index in [1.54, 1.807) is 42.5 Å². The molecule has 10 heteroatoms. The molecule has 0 bridgehead atoms. The number of aryl methyl sites for hydroxylation is 1. The first kappa shape index (κ1) is 26.8. The number of rotatable bonds is 8. The Hall–Kier alpha value is -3.27. The van der Waals surface area contributed by atoms with Crippen LogP contribution in [-0.2, 0) is 4.79 Å². The van der Waals surface area contributed by atoms with Crippen molar-refractivity contribution in [3.8, 4) is 17.2 Å². The molecule has 3 aromatic rings. The monoisotopic (exact) mass is 601 g/mol. The number of carbonyl (C=O) groups excluding carboxylic acids is 3. The van der Waals surface area contributed by atoms with Gasteiger partial charge in [0.25, 0.3) is 11.1 Å². The van der Waals surface area contributed by atoms with Crippen LogP contribution in [0.2, 0.25) is 5.02 Å². The first-order chi connectivity index (χ1) is 17.7. The van der Waals surface area contributed by atoms with E-state index in [-0.39, 0.29) is 34.8 Å². The molecule has 0 aromatic heterocycles. The Balaban J connectivity index is 1.46. The summed E-state index contributed by atoms with van der Waals surface area (Å²) in [5.41, 5.74) is 2.01. The van der Waals surface area contributed by atoms with Gasteiger partial charge in [0, 0.05) is 5.02 Å². The van der Waals surface area contributed by atoms with Crippen molar-refractivity contribution in [3.63, 3.8) is 0 Å².